The van der Waals surface area contributed by atoms with Crippen LogP contribution in [0.4, 0.5) is 4.79 Å². The summed E-state index contributed by atoms with van der Waals surface area (Å²) in [6.45, 7) is 11.7. The van der Waals surface area contributed by atoms with E-state index in [1.54, 1.807) is 12.2 Å². The van der Waals surface area contributed by atoms with Crippen molar-refractivity contribution in [3.8, 4) is 0 Å². The lowest BCUT2D eigenvalue weighted by atomic mass is 10.5. The number of carbonyl (C=O) groups is 1. The van der Waals surface area contributed by atoms with Crippen LogP contribution in [0.15, 0.2) is 38.0 Å². The summed E-state index contributed by atoms with van der Waals surface area (Å²) in [6, 6.07) is 0. The van der Waals surface area contributed by atoms with Gasteiger partial charge in [-0.3, -0.25) is 0 Å². The zero-order valence-corrected chi connectivity index (χ0v) is 7.74. The van der Waals surface area contributed by atoms with Crippen molar-refractivity contribution in [2.24, 2.45) is 0 Å². The van der Waals surface area contributed by atoms with Gasteiger partial charge in [0, 0.05) is 13.1 Å². The van der Waals surface area contributed by atoms with Gasteiger partial charge in [-0.15, -0.1) is 13.2 Å². The van der Waals surface area contributed by atoms with E-state index in [0.717, 1.165) is 0 Å². The van der Waals surface area contributed by atoms with E-state index in [-0.39, 0.29) is 12.7 Å². The molecule has 0 aliphatic rings. The average Bonchev–Trinajstić information content (AvgIpc) is 2.14. The minimum atomic E-state index is -0.375. The molecule has 0 saturated carbocycles. The molecular weight excluding hydrogens is 166 g/mol. The Hall–Kier alpha value is -1.51. The molecule has 0 saturated heterocycles. The van der Waals surface area contributed by atoms with Gasteiger partial charge in [0.2, 0.25) is 0 Å². The fourth-order valence-electron chi connectivity index (χ4n) is 0.757. The van der Waals surface area contributed by atoms with E-state index in [1.807, 2.05) is 0 Å². The van der Waals surface area contributed by atoms with Crippen molar-refractivity contribution >= 4 is 6.09 Å². The molecule has 0 fully saturated rings. The van der Waals surface area contributed by atoms with Crippen LogP contribution in [-0.2, 0) is 4.74 Å². The molecule has 0 bridgehead atoms. The Labute approximate surface area is 79.0 Å². The van der Waals surface area contributed by atoms with E-state index in [9.17, 15) is 4.79 Å². The van der Waals surface area contributed by atoms with E-state index in [2.05, 4.69) is 19.7 Å². The summed E-state index contributed by atoms with van der Waals surface area (Å²) in [5.41, 5.74) is 0. The second-order valence-electron chi connectivity index (χ2n) is 2.35. The SMILES string of the molecule is C=CCOC(=O)N(CC=C)CC=C. The third-order valence-electron chi connectivity index (χ3n) is 1.28. The van der Waals surface area contributed by atoms with Crippen LogP contribution < -0.4 is 0 Å². The zero-order valence-electron chi connectivity index (χ0n) is 7.74. The summed E-state index contributed by atoms with van der Waals surface area (Å²) in [7, 11) is 0. The van der Waals surface area contributed by atoms with Crippen LogP contribution in [-0.4, -0.2) is 30.7 Å². The molecule has 3 nitrogen and oxygen atoms in total. The van der Waals surface area contributed by atoms with Crippen molar-refractivity contribution in [3.63, 3.8) is 0 Å². The lowest BCUT2D eigenvalue weighted by Crippen LogP contribution is -2.31. The molecule has 0 aliphatic carbocycles. The molecule has 0 N–H and O–H groups in total. The monoisotopic (exact) mass is 181 g/mol. The van der Waals surface area contributed by atoms with Crippen LogP contribution in [0, 0.1) is 0 Å². The molecule has 0 atom stereocenters. The first-order valence-electron chi connectivity index (χ1n) is 4.00. The number of amides is 1. The summed E-state index contributed by atoms with van der Waals surface area (Å²) in [4.78, 5) is 12.7. The predicted octanol–water partition coefficient (Wildman–Crippen LogP) is 1.98. The number of nitrogens with zero attached hydrogens (tertiary/aromatic N) is 1. The molecule has 0 radical (unpaired) electrons. The van der Waals surface area contributed by atoms with Crippen LogP contribution in [0.25, 0.3) is 0 Å². The van der Waals surface area contributed by atoms with Gasteiger partial charge in [-0.1, -0.05) is 24.8 Å². The van der Waals surface area contributed by atoms with Crippen LogP contribution in [0.3, 0.4) is 0 Å². The maximum atomic E-state index is 11.2. The van der Waals surface area contributed by atoms with Crippen LogP contribution in [0.2, 0.25) is 0 Å². The average molecular weight is 181 g/mol. The lowest BCUT2D eigenvalue weighted by Gasteiger charge is -2.17. The van der Waals surface area contributed by atoms with Crippen molar-refractivity contribution in [2.75, 3.05) is 19.7 Å². The van der Waals surface area contributed by atoms with Crippen molar-refractivity contribution in [1.82, 2.24) is 4.90 Å². The first kappa shape index (κ1) is 11.5. The standard InChI is InChI=1S/C10H15NO2/c1-4-7-11(8-5-2)10(12)13-9-6-3/h4-6H,1-3,7-9H2. The smallest absolute Gasteiger partial charge is 0.410 e. The zero-order chi connectivity index (χ0) is 10.1. The number of ether oxygens (including phenoxy) is 1. The normalized spacial score (nSPS) is 8.62. The van der Waals surface area contributed by atoms with Gasteiger partial charge in [-0.05, 0) is 0 Å². The maximum absolute atomic E-state index is 11.2. The highest BCUT2D eigenvalue weighted by Gasteiger charge is 2.10. The fraction of sp³-hybridized carbons (Fsp3) is 0.300. The molecule has 0 heterocycles. The number of hydrogen-bond donors (Lipinski definition) is 0. The first-order valence-corrected chi connectivity index (χ1v) is 4.00. The molecule has 1 amide bonds. The predicted molar refractivity (Wildman–Crippen MR) is 53.5 cm³/mol. The lowest BCUT2D eigenvalue weighted by molar-refractivity contribution is 0.121. The summed E-state index contributed by atoms with van der Waals surface area (Å²) >= 11 is 0. The van der Waals surface area contributed by atoms with Gasteiger partial charge < -0.3 is 9.64 Å². The first-order chi connectivity index (χ1) is 6.26. The quantitative estimate of drug-likeness (QED) is 0.586. The Bertz CT molecular complexity index is 189. The number of hydrogen-bond acceptors (Lipinski definition) is 2. The molecule has 0 spiro atoms. The molecule has 0 rings (SSSR count). The van der Waals surface area contributed by atoms with Crippen LogP contribution >= 0.6 is 0 Å². The molecule has 72 valence electrons. The van der Waals surface area contributed by atoms with Crippen molar-refractivity contribution < 1.29 is 9.53 Å². The molecule has 13 heavy (non-hydrogen) atoms. The van der Waals surface area contributed by atoms with Crippen LogP contribution in [0.5, 0.6) is 0 Å². The Kier molecular flexibility index (Phi) is 6.32. The molecule has 3 heteroatoms. The molecule has 0 aromatic carbocycles. The highest BCUT2D eigenvalue weighted by molar-refractivity contribution is 5.68. The minimum absolute atomic E-state index is 0.226. The second-order valence-corrected chi connectivity index (χ2v) is 2.35. The van der Waals surface area contributed by atoms with E-state index >= 15 is 0 Å². The third kappa shape index (κ3) is 4.85. The van der Waals surface area contributed by atoms with Gasteiger partial charge >= 0.3 is 6.09 Å². The summed E-state index contributed by atoms with van der Waals surface area (Å²) in [6.07, 6.45) is 4.43. The molecule has 0 aliphatic heterocycles. The molecule has 0 aromatic rings. The second kappa shape index (κ2) is 7.16. The van der Waals surface area contributed by atoms with Gasteiger partial charge in [0.1, 0.15) is 6.61 Å². The van der Waals surface area contributed by atoms with Crippen LogP contribution in [0.1, 0.15) is 0 Å². The van der Waals surface area contributed by atoms with Gasteiger partial charge in [0.15, 0.2) is 0 Å². The Morgan fingerprint density at radius 3 is 2.08 bits per heavy atom. The fourth-order valence-corrected chi connectivity index (χ4v) is 0.757. The van der Waals surface area contributed by atoms with Crippen molar-refractivity contribution in [2.45, 2.75) is 0 Å². The highest BCUT2D eigenvalue weighted by atomic mass is 16.6. The number of rotatable bonds is 6. The highest BCUT2D eigenvalue weighted by Crippen LogP contribution is 1.94. The van der Waals surface area contributed by atoms with Gasteiger partial charge in [0.25, 0.3) is 0 Å². The van der Waals surface area contributed by atoms with Gasteiger partial charge in [-0.25, -0.2) is 4.79 Å². The summed E-state index contributed by atoms with van der Waals surface area (Å²) in [5, 5.41) is 0. The molecular formula is C10H15NO2. The summed E-state index contributed by atoms with van der Waals surface area (Å²) < 4.78 is 4.83. The van der Waals surface area contributed by atoms with Gasteiger partial charge in [0.05, 0.1) is 0 Å². The Morgan fingerprint density at radius 2 is 1.69 bits per heavy atom. The van der Waals surface area contributed by atoms with Crippen molar-refractivity contribution in [3.05, 3.63) is 38.0 Å². The molecule has 0 aromatic heterocycles. The largest absolute Gasteiger partial charge is 0.445 e. The van der Waals surface area contributed by atoms with Gasteiger partial charge in [-0.2, -0.15) is 0 Å². The Morgan fingerprint density at radius 1 is 1.15 bits per heavy atom. The maximum Gasteiger partial charge on any atom is 0.410 e. The minimum Gasteiger partial charge on any atom is -0.445 e. The van der Waals surface area contributed by atoms with E-state index in [4.69, 9.17) is 4.74 Å². The third-order valence-corrected chi connectivity index (χ3v) is 1.28. The number of carbonyl (C=O) groups excluding carboxylic acids is 1. The van der Waals surface area contributed by atoms with E-state index in [1.165, 1.54) is 11.0 Å². The molecule has 0 unspecified atom stereocenters. The van der Waals surface area contributed by atoms with E-state index in [0.29, 0.717) is 13.1 Å². The summed E-state index contributed by atoms with van der Waals surface area (Å²) in [5.74, 6) is 0. The van der Waals surface area contributed by atoms with E-state index < -0.39 is 0 Å². The van der Waals surface area contributed by atoms with Crippen molar-refractivity contribution in [1.29, 1.82) is 0 Å². The topological polar surface area (TPSA) is 29.5 Å². The Balaban J connectivity index is 4.00.